The van der Waals surface area contributed by atoms with E-state index < -0.39 is 19.7 Å². The van der Waals surface area contributed by atoms with Crippen LogP contribution in [-0.4, -0.2) is 16.8 Å². The molecule has 31 heavy (non-hydrogen) atoms. The fraction of sp³-hybridized carbons (Fsp3) is 0.280. The minimum Gasteiger partial charge on any atom is -0.218 e. The summed E-state index contributed by atoms with van der Waals surface area (Å²) in [7, 11) is -7.45. The molecule has 0 saturated carbocycles. The molecule has 164 valence electrons. The zero-order chi connectivity index (χ0) is 23.1. The van der Waals surface area contributed by atoms with Crippen LogP contribution in [0.1, 0.15) is 40.0 Å². The molecular formula is C25H28O4S2. The largest absolute Gasteiger partial charge is 0.218 e. The molecule has 0 aliphatic heterocycles. The second kappa shape index (κ2) is 10.1. The summed E-state index contributed by atoms with van der Waals surface area (Å²) in [5.74, 6) is 0. The molecular weight excluding hydrogens is 428 g/mol. The van der Waals surface area contributed by atoms with E-state index in [0.29, 0.717) is 6.42 Å². The fourth-order valence-electron chi connectivity index (χ4n) is 2.79. The van der Waals surface area contributed by atoms with Gasteiger partial charge >= 0.3 is 0 Å². The maximum Gasteiger partial charge on any atom is 0.210 e. The van der Waals surface area contributed by atoms with Gasteiger partial charge < -0.3 is 0 Å². The fourth-order valence-corrected chi connectivity index (χ4v) is 5.62. The van der Waals surface area contributed by atoms with Crippen molar-refractivity contribution in [2.24, 2.45) is 5.41 Å². The molecule has 0 amide bonds. The molecule has 2 rings (SSSR count). The summed E-state index contributed by atoms with van der Waals surface area (Å²) in [4.78, 5) is 0.543. The quantitative estimate of drug-likeness (QED) is 0.467. The van der Waals surface area contributed by atoms with E-state index in [1.807, 2.05) is 20.8 Å². The number of hydrogen-bond acceptors (Lipinski definition) is 4. The van der Waals surface area contributed by atoms with Gasteiger partial charge in [-0.3, -0.25) is 0 Å². The summed E-state index contributed by atoms with van der Waals surface area (Å²) < 4.78 is 51.9. The minimum absolute atomic E-state index is 0.0509. The van der Waals surface area contributed by atoms with Crippen molar-refractivity contribution in [2.75, 3.05) is 0 Å². The Morgan fingerprint density at radius 2 is 1.23 bits per heavy atom. The third-order valence-electron chi connectivity index (χ3n) is 4.43. The summed E-state index contributed by atoms with van der Waals surface area (Å²) >= 11 is 0. The van der Waals surface area contributed by atoms with Crippen molar-refractivity contribution in [1.82, 2.24) is 0 Å². The second-order valence-electron chi connectivity index (χ2n) is 8.16. The Labute approximate surface area is 186 Å². The summed E-state index contributed by atoms with van der Waals surface area (Å²) in [5, 5.41) is 0. The smallest absolute Gasteiger partial charge is 0.210 e. The molecule has 2 aromatic carbocycles. The standard InChI is InChI=1S/C25H28O4S2/c1-5-21(30(26,27)22-13-8-6-9-14-22)17-12-18-24(19-20-25(2,3)4)31(28,29)23-15-10-7-11-16-23/h6-11,13-16,20H,1,12,17-18H2,2-4H3. The third kappa shape index (κ3) is 6.68. The summed E-state index contributed by atoms with van der Waals surface area (Å²) in [5.41, 5.74) is 5.25. The van der Waals surface area contributed by atoms with Crippen LogP contribution in [0.4, 0.5) is 0 Å². The van der Waals surface area contributed by atoms with E-state index in [4.69, 9.17) is 0 Å². The van der Waals surface area contributed by atoms with E-state index in [0.717, 1.165) is 0 Å². The number of allylic oxidation sites excluding steroid dienone is 2. The first-order chi connectivity index (χ1) is 14.5. The first-order valence-corrected chi connectivity index (χ1v) is 12.9. The van der Waals surface area contributed by atoms with E-state index in [9.17, 15) is 16.8 Å². The molecule has 0 aromatic heterocycles. The number of rotatable bonds is 8. The normalized spacial score (nSPS) is 11.8. The summed E-state index contributed by atoms with van der Waals surface area (Å²) in [6, 6.07) is 16.3. The molecule has 0 unspecified atom stereocenters. The van der Waals surface area contributed by atoms with Gasteiger partial charge in [0.15, 0.2) is 0 Å². The lowest BCUT2D eigenvalue weighted by atomic mass is 9.97. The molecule has 4 nitrogen and oxygen atoms in total. The highest BCUT2D eigenvalue weighted by Gasteiger charge is 2.23. The lowest BCUT2D eigenvalue weighted by Crippen LogP contribution is -2.07. The van der Waals surface area contributed by atoms with Crippen LogP contribution in [0.2, 0.25) is 0 Å². The molecule has 0 radical (unpaired) electrons. The van der Waals surface area contributed by atoms with Gasteiger partial charge in [-0.2, -0.15) is 0 Å². The third-order valence-corrected chi connectivity index (χ3v) is 8.18. The molecule has 0 aliphatic rings. The molecule has 0 N–H and O–H groups in total. The van der Waals surface area contributed by atoms with Gasteiger partial charge in [0.05, 0.1) is 19.6 Å². The van der Waals surface area contributed by atoms with Crippen LogP contribution < -0.4 is 0 Å². The SMILES string of the molecule is C=C=C(CCCC(=C=CC(C)(C)C)S(=O)(=O)c1ccccc1)S(=O)(=O)c1ccccc1. The number of sulfone groups is 2. The highest BCUT2D eigenvalue weighted by molar-refractivity contribution is 7.95. The van der Waals surface area contributed by atoms with Crippen molar-refractivity contribution in [3.63, 3.8) is 0 Å². The average molecular weight is 457 g/mol. The van der Waals surface area contributed by atoms with Crippen molar-refractivity contribution in [3.8, 4) is 0 Å². The van der Waals surface area contributed by atoms with Crippen molar-refractivity contribution < 1.29 is 16.8 Å². The highest BCUT2D eigenvalue weighted by Crippen LogP contribution is 2.27. The van der Waals surface area contributed by atoms with Crippen molar-refractivity contribution in [2.45, 2.75) is 49.8 Å². The van der Waals surface area contributed by atoms with Gasteiger partial charge in [0, 0.05) is 0 Å². The maximum atomic E-state index is 13.1. The van der Waals surface area contributed by atoms with Crippen LogP contribution in [0.15, 0.2) is 104 Å². The van der Waals surface area contributed by atoms with E-state index in [1.54, 1.807) is 54.6 Å². The van der Waals surface area contributed by atoms with E-state index in [-0.39, 0.29) is 37.9 Å². The van der Waals surface area contributed by atoms with Crippen molar-refractivity contribution >= 4 is 19.7 Å². The highest BCUT2D eigenvalue weighted by atomic mass is 32.2. The number of benzene rings is 2. The molecule has 0 spiro atoms. The molecule has 6 heteroatoms. The zero-order valence-electron chi connectivity index (χ0n) is 18.1. The Hall–Kier alpha value is -2.62. The molecule has 0 aliphatic carbocycles. The van der Waals surface area contributed by atoms with Gasteiger partial charge in [0.25, 0.3) is 0 Å². The van der Waals surface area contributed by atoms with Crippen molar-refractivity contribution in [1.29, 1.82) is 0 Å². The lowest BCUT2D eigenvalue weighted by Gasteiger charge is -2.12. The summed E-state index contributed by atoms with van der Waals surface area (Å²) in [6.07, 6.45) is 2.31. The van der Waals surface area contributed by atoms with E-state index in [2.05, 4.69) is 18.0 Å². The maximum absolute atomic E-state index is 13.1. The summed E-state index contributed by atoms with van der Waals surface area (Å²) in [6.45, 7) is 9.40. The lowest BCUT2D eigenvalue weighted by molar-refractivity contribution is 0.544. The van der Waals surface area contributed by atoms with Crippen LogP contribution in [-0.2, 0) is 19.7 Å². The average Bonchev–Trinajstić information content (AvgIpc) is 2.73. The van der Waals surface area contributed by atoms with Gasteiger partial charge in [-0.15, -0.1) is 11.5 Å². The molecule has 0 bridgehead atoms. The predicted octanol–water partition coefficient (Wildman–Crippen LogP) is 5.86. The predicted molar refractivity (Wildman–Crippen MR) is 125 cm³/mol. The molecule has 0 fully saturated rings. The van der Waals surface area contributed by atoms with Gasteiger partial charge in [0.2, 0.25) is 19.7 Å². The minimum atomic E-state index is -3.74. The molecule has 0 heterocycles. The van der Waals surface area contributed by atoms with Gasteiger partial charge in [0.1, 0.15) is 0 Å². The van der Waals surface area contributed by atoms with Gasteiger partial charge in [-0.25, -0.2) is 16.8 Å². The first-order valence-electron chi connectivity index (χ1n) is 9.94. The van der Waals surface area contributed by atoms with E-state index >= 15 is 0 Å². The van der Waals surface area contributed by atoms with Gasteiger partial charge in [-0.1, -0.05) is 63.7 Å². The van der Waals surface area contributed by atoms with Crippen LogP contribution in [0.3, 0.4) is 0 Å². The molecule has 2 aromatic rings. The van der Waals surface area contributed by atoms with Crippen LogP contribution in [0.5, 0.6) is 0 Å². The Kier molecular flexibility index (Phi) is 8.05. The van der Waals surface area contributed by atoms with Gasteiger partial charge in [-0.05, 0) is 55.0 Å². The molecule has 0 atom stereocenters. The topological polar surface area (TPSA) is 68.3 Å². The van der Waals surface area contributed by atoms with Crippen LogP contribution in [0.25, 0.3) is 0 Å². The van der Waals surface area contributed by atoms with Crippen molar-refractivity contribution in [3.05, 3.63) is 94.6 Å². The molecule has 0 saturated heterocycles. The Balaban J connectivity index is 2.31. The Morgan fingerprint density at radius 3 is 1.65 bits per heavy atom. The second-order valence-corrected chi connectivity index (χ2v) is 12.1. The van der Waals surface area contributed by atoms with Crippen LogP contribution >= 0.6 is 0 Å². The first kappa shape index (κ1) is 24.6. The zero-order valence-corrected chi connectivity index (χ0v) is 19.8. The Morgan fingerprint density at radius 1 is 0.806 bits per heavy atom. The van der Waals surface area contributed by atoms with Crippen LogP contribution in [0, 0.1) is 5.41 Å². The van der Waals surface area contributed by atoms with E-state index in [1.165, 1.54) is 12.1 Å². The monoisotopic (exact) mass is 456 g/mol. The Bertz CT molecular complexity index is 1220. The number of hydrogen-bond donors (Lipinski definition) is 0.